The molecule has 7 nitrogen and oxygen atoms in total. The molecule has 2 aromatic rings. The molecule has 138 valence electrons. The Morgan fingerprint density at radius 1 is 1.31 bits per heavy atom. The molecule has 8 heteroatoms. The number of methoxy groups -OCH3 is 2. The molecule has 1 aromatic heterocycles. The van der Waals surface area contributed by atoms with E-state index in [-0.39, 0.29) is 18.1 Å². The van der Waals surface area contributed by atoms with Crippen LogP contribution in [0.1, 0.15) is 13.3 Å². The van der Waals surface area contributed by atoms with Crippen LogP contribution in [0, 0.1) is 0 Å². The van der Waals surface area contributed by atoms with E-state index < -0.39 is 0 Å². The number of fused-ring (bicyclic) bond motifs is 1. The van der Waals surface area contributed by atoms with Gasteiger partial charge in [0.15, 0.2) is 0 Å². The van der Waals surface area contributed by atoms with Gasteiger partial charge in [0.2, 0.25) is 5.88 Å². The highest BCUT2D eigenvalue weighted by Crippen LogP contribution is 2.31. The fourth-order valence-corrected chi connectivity index (χ4v) is 3.14. The molecule has 1 fully saturated rings. The summed E-state index contributed by atoms with van der Waals surface area (Å²) in [4.78, 5) is 16.2. The third-order valence-corrected chi connectivity index (χ3v) is 4.43. The minimum Gasteiger partial charge on any atom is -0.497 e. The van der Waals surface area contributed by atoms with Gasteiger partial charge in [-0.3, -0.25) is 4.79 Å². The summed E-state index contributed by atoms with van der Waals surface area (Å²) in [5.74, 6) is 1.67. The van der Waals surface area contributed by atoms with Crippen molar-refractivity contribution in [1.29, 1.82) is 0 Å². The number of carbonyl (C=O) groups excluding carboxylic acids is 1. The van der Waals surface area contributed by atoms with Crippen LogP contribution in [0.25, 0.3) is 10.9 Å². The molecule has 26 heavy (non-hydrogen) atoms. The number of pyridine rings is 1. The van der Waals surface area contributed by atoms with Crippen molar-refractivity contribution in [2.24, 2.45) is 0 Å². The molecule has 3 rings (SSSR count). The average molecular weight is 358 g/mol. The first-order valence-electron chi connectivity index (χ1n) is 8.65. The zero-order chi connectivity index (χ0) is 18.7. The minimum atomic E-state index is -0.341. The summed E-state index contributed by atoms with van der Waals surface area (Å²) in [7, 11) is 5.00. The Morgan fingerprint density at radius 2 is 2.12 bits per heavy atom. The van der Waals surface area contributed by atoms with Crippen molar-refractivity contribution in [2.45, 2.75) is 25.5 Å². The number of hydrogen-bond donors (Lipinski definition) is 1. The van der Waals surface area contributed by atoms with Crippen LogP contribution in [0.15, 0.2) is 18.2 Å². The summed E-state index contributed by atoms with van der Waals surface area (Å²) < 4.78 is 22.0. The summed E-state index contributed by atoms with van der Waals surface area (Å²) in [6.45, 7) is 2.99. The van der Waals surface area contributed by atoms with E-state index in [0.29, 0.717) is 31.2 Å². The van der Waals surface area contributed by atoms with Crippen molar-refractivity contribution in [1.82, 2.24) is 10.3 Å². The second kappa shape index (κ2) is 7.82. The second-order valence-corrected chi connectivity index (χ2v) is 6.19. The number of ether oxygens (including phenoxy) is 4. The molecule has 0 saturated carbocycles. The lowest BCUT2D eigenvalue weighted by Crippen LogP contribution is -2.31. The number of aromatic nitrogens is 1. The van der Waals surface area contributed by atoms with Gasteiger partial charge in [-0.25, -0.2) is 4.98 Å². The molecule has 2 heterocycles. The first kappa shape index (κ1) is 18.3. The molecular formula is C18H23BN2O5. The molecule has 1 aliphatic rings. The van der Waals surface area contributed by atoms with Crippen LogP contribution in [0.2, 0.25) is 0 Å². The van der Waals surface area contributed by atoms with Gasteiger partial charge in [-0.15, -0.1) is 0 Å². The normalized spacial score (nSPS) is 19.3. The highest BCUT2D eigenvalue weighted by Gasteiger charge is 2.31. The van der Waals surface area contributed by atoms with E-state index in [1.807, 2.05) is 26.9 Å². The van der Waals surface area contributed by atoms with Crippen LogP contribution in [0.4, 0.5) is 0 Å². The Labute approximate surface area is 153 Å². The summed E-state index contributed by atoms with van der Waals surface area (Å²) in [5.41, 5.74) is 1.73. The maximum Gasteiger partial charge on any atom is 0.323 e. The Hall–Kier alpha value is -2.48. The van der Waals surface area contributed by atoms with Gasteiger partial charge in [-0.2, -0.15) is 0 Å². The molecule has 0 unspecified atom stereocenters. The number of hydrogen-bond acceptors (Lipinski definition) is 7. The van der Waals surface area contributed by atoms with Crippen molar-refractivity contribution < 1.29 is 23.7 Å². The van der Waals surface area contributed by atoms with Crippen LogP contribution < -0.4 is 25.0 Å². The SMILES string of the molecule is Bc1cc2c(O[C@H]3CN[C@H](C(=O)OC)C3)cc(OCC)nc2cc1OC. The van der Waals surface area contributed by atoms with Gasteiger partial charge in [0.05, 0.1) is 26.3 Å². The fraction of sp³-hybridized carbons (Fsp3) is 0.444. The van der Waals surface area contributed by atoms with E-state index in [0.717, 1.165) is 22.1 Å². The topological polar surface area (TPSA) is 78.9 Å². The summed E-state index contributed by atoms with van der Waals surface area (Å²) in [5, 5.41) is 4.01. The number of rotatable bonds is 6. The van der Waals surface area contributed by atoms with Crippen molar-refractivity contribution in [2.75, 3.05) is 27.4 Å². The van der Waals surface area contributed by atoms with Crippen molar-refractivity contribution in [3.63, 3.8) is 0 Å². The molecule has 0 aliphatic carbocycles. The molecule has 0 spiro atoms. The van der Waals surface area contributed by atoms with Crippen LogP contribution >= 0.6 is 0 Å². The number of nitrogens with zero attached hydrogens (tertiary/aromatic N) is 1. The lowest BCUT2D eigenvalue weighted by Gasteiger charge is -2.17. The minimum absolute atomic E-state index is 0.137. The lowest BCUT2D eigenvalue weighted by atomic mass is 9.93. The first-order valence-corrected chi connectivity index (χ1v) is 8.65. The Kier molecular flexibility index (Phi) is 5.51. The number of carbonyl (C=O) groups is 1. The molecule has 0 radical (unpaired) electrons. The van der Waals surface area contributed by atoms with E-state index >= 15 is 0 Å². The monoisotopic (exact) mass is 358 g/mol. The van der Waals surface area contributed by atoms with Gasteiger partial charge >= 0.3 is 5.97 Å². The maximum atomic E-state index is 11.7. The van der Waals surface area contributed by atoms with Crippen molar-refractivity contribution in [3.8, 4) is 17.4 Å². The summed E-state index contributed by atoms with van der Waals surface area (Å²) >= 11 is 0. The van der Waals surface area contributed by atoms with Gasteiger partial charge in [-0.05, 0) is 12.4 Å². The van der Waals surface area contributed by atoms with E-state index in [2.05, 4.69) is 10.3 Å². The van der Waals surface area contributed by atoms with Crippen LogP contribution in [-0.2, 0) is 9.53 Å². The van der Waals surface area contributed by atoms with Crippen molar-refractivity contribution in [3.05, 3.63) is 18.2 Å². The molecule has 1 saturated heterocycles. The Morgan fingerprint density at radius 3 is 2.81 bits per heavy atom. The van der Waals surface area contributed by atoms with E-state index in [4.69, 9.17) is 18.9 Å². The number of nitrogens with one attached hydrogen (secondary N) is 1. The predicted molar refractivity (Wildman–Crippen MR) is 100 cm³/mol. The quantitative estimate of drug-likeness (QED) is 0.583. The van der Waals surface area contributed by atoms with Gasteiger partial charge in [-0.1, -0.05) is 6.07 Å². The van der Waals surface area contributed by atoms with Crippen LogP contribution in [0.3, 0.4) is 0 Å². The van der Waals surface area contributed by atoms with Crippen LogP contribution in [0.5, 0.6) is 17.4 Å². The number of esters is 1. The molecule has 1 aliphatic heterocycles. The highest BCUT2D eigenvalue weighted by molar-refractivity contribution is 6.35. The summed E-state index contributed by atoms with van der Waals surface area (Å²) in [6.07, 6.45) is 0.414. The average Bonchev–Trinajstić information content (AvgIpc) is 3.10. The number of benzene rings is 1. The van der Waals surface area contributed by atoms with Gasteiger partial charge in [0.1, 0.15) is 31.5 Å². The molecule has 0 bridgehead atoms. The van der Waals surface area contributed by atoms with E-state index in [1.54, 1.807) is 13.2 Å². The Balaban J connectivity index is 1.93. The molecule has 2 atom stereocenters. The molecular weight excluding hydrogens is 335 g/mol. The third-order valence-electron chi connectivity index (χ3n) is 4.43. The highest BCUT2D eigenvalue weighted by atomic mass is 16.5. The molecule has 0 amide bonds. The van der Waals surface area contributed by atoms with Crippen molar-refractivity contribution >= 4 is 30.2 Å². The summed E-state index contributed by atoms with van der Waals surface area (Å²) in [6, 6.07) is 5.33. The second-order valence-electron chi connectivity index (χ2n) is 6.19. The third kappa shape index (κ3) is 3.70. The van der Waals surface area contributed by atoms with Gasteiger partial charge in [0, 0.05) is 30.5 Å². The fourth-order valence-electron chi connectivity index (χ4n) is 3.14. The van der Waals surface area contributed by atoms with Gasteiger partial charge < -0.3 is 24.3 Å². The molecule has 1 N–H and O–H groups in total. The largest absolute Gasteiger partial charge is 0.497 e. The standard InChI is InChI=1S/C18H23BN2O5/c1-4-25-17-8-15(26-10-5-14(20-9-10)18(22)24-3)11-6-12(19)16(23-2)7-13(11)21-17/h6-8,10,14,20H,4-5,9,19H2,1-3H3/t10-,14+/m1/s1. The first-order chi connectivity index (χ1) is 12.5. The van der Waals surface area contributed by atoms with Crippen LogP contribution in [-0.4, -0.2) is 58.3 Å². The smallest absolute Gasteiger partial charge is 0.323 e. The van der Waals surface area contributed by atoms with Gasteiger partial charge in [0.25, 0.3) is 0 Å². The maximum absolute atomic E-state index is 11.7. The van der Waals surface area contributed by atoms with E-state index in [1.165, 1.54) is 7.11 Å². The zero-order valence-electron chi connectivity index (χ0n) is 15.5. The lowest BCUT2D eigenvalue weighted by molar-refractivity contribution is -0.142. The zero-order valence-corrected chi connectivity index (χ0v) is 15.5. The molecule has 1 aromatic carbocycles. The Bertz CT molecular complexity index is 814. The van der Waals surface area contributed by atoms with E-state index in [9.17, 15) is 4.79 Å². The predicted octanol–water partition coefficient (Wildman–Crippen LogP) is 0.183.